The largest absolute Gasteiger partial charge is 0.459 e. The first kappa shape index (κ1) is 27.3. The molecule has 1 unspecified atom stereocenters. The Morgan fingerprint density at radius 2 is 1.29 bits per heavy atom. The van der Waals surface area contributed by atoms with E-state index in [0.717, 1.165) is 19.3 Å². The molecule has 0 radical (unpaired) electrons. The van der Waals surface area contributed by atoms with Gasteiger partial charge in [0.05, 0.1) is 21.1 Å². The Bertz CT molecular complexity index is 499. The van der Waals surface area contributed by atoms with E-state index >= 15 is 0 Å². The number of carbonyl (C=O) groups is 1. The SMILES string of the molecule is CCCCCCCCCCCCCCC(C(=O)OCC[N+](C)(C)C)S(=O)(=O)O. The summed E-state index contributed by atoms with van der Waals surface area (Å²) in [5.74, 6) is -0.834. The molecule has 168 valence electrons. The average Bonchev–Trinajstić information content (AvgIpc) is 2.56. The van der Waals surface area contributed by atoms with Crippen LogP contribution in [0.2, 0.25) is 0 Å². The van der Waals surface area contributed by atoms with Crippen molar-refractivity contribution in [1.82, 2.24) is 0 Å². The van der Waals surface area contributed by atoms with Crippen molar-refractivity contribution in [3.63, 3.8) is 0 Å². The Labute approximate surface area is 173 Å². The molecular formula is C21H44NO5S+. The molecule has 0 bridgehead atoms. The third-order valence-corrected chi connectivity index (χ3v) is 6.10. The molecule has 0 aliphatic carbocycles. The van der Waals surface area contributed by atoms with E-state index in [1.807, 2.05) is 21.1 Å². The molecular weight excluding hydrogens is 378 g/mol. The number of unbranched alkanes of at least 4 members (excludes halogenated alkanes) is 11. The molecule has 0 aromatic rings. The first-order valence-electron chi connectivity index (χ1n) is 11.0. The van der Waals surface area contributed by atoms with Crippen molar-refractivity contribution in [3.8, 4) is 0 Å². The van der Waals surface area contributed by atoms with E-state index in [0.29, 0.717) is 17.4 Å². The second-order valence-corrected chi connectivity index (χ2v) is 10.5. The van der Waals surface area contributed by atoms with Crippen molar-refractivity contribution in [1.29, 1.82) is 0 Å². The number of nitrogens with zero attached hydrogens (tertiary/aromatic N) is 1. The normalized spacial score (nSPS) is 13.5. The predicted octanol–water partition coefficient (Wildman–Crippen LogP) is 4.58. The van der Waals surface area contributed by atoms with Gasteiger partial charge in [-0.05, 0) is 6.42 Å². The van der Waals surface area contributed by atoms with Crippen molar-refractivity contribution >= 4 is 16.1 Å². The zero-order valence-electron chi connectivity index (χ0n) is 18.6. The van der Waals surface area contributed by atoms with Crippen LogP contribution in [0.25, 0.3) is 0 Å². The number of hydrogen-bond acceptors (Lipinski definition) is 4. The van der Waals surface area contributed by atoms with Gasteiger partial charge < -0.3 is 9.22 Å². The Balaban J connectivity index is 3.89. The maximum atomic E-state index is 12.0. The fourth-order valence-corrected chi connectivity index (χ4v) is 3.85. The molecule has 0 amide bonds. The molecule has 0 aromatic carbocycles. The first-order valence-corrected chi connectivity index (χ1v) is 12.5. The van der Waals surface area contributed by atoms with E-state index in [-0.39, 0.29) is 13.0 Å². The smallest absolute Gasteiger partial charge is 0.327 e. The van der Waals surface area contributed by atoms with Gasteiger partial charge in [-0.25, -0.2) is 0 Å². The van der Waals surface area contributed by atoms with Crippen LogP contribution in [0, 0.1) is 0 Å². The molecule has 0 spiro atoms. The Morgan fingerprint density at radius 3 is 1.68 bits per heavy atom. The summed E-state index contributed by atoms with van der Waals surface area (Å²) in [6.07, 6.45) is 14.2. The number of quaternary nitrogens is 1. The zero-order chi connectivity index (χ0) is 21.5. The summed E-state index contributed by atoms with van der Waals surface area (Å²) in [4.78, 5) is 12.0. The van der Waals surface area contributed by atoms with Crippen molar-refractivity contribution in [2.24, 2.45) is 0 Å². The number of likely N-dealkylation sites (N-methyl/N-ethyl adjacent to an activating group) is 1. The third kappa shape index (κ3) is 16.3. The number of rotatable bonds is 18. The number of ether oxygens (including phenoxy) is 1. The molecule has 0 aliphatic rings. The van der Waals surface area contributed by atoms with Gasteiger partial charge in [0.1, 0.15) is 13.2 Å². The number of carbonyl (C=O) groups excluding carboxylic acids is 1. The Morgan fingerprint density at radius 1 is 0.857 bits per heavy atom. The van der Waals surface area contributed by atoms with Crippen LogP contribution in [-0.4, -0.2) is 63.0 Å². The summed E-state index contributed by atoms with van der Waals surface area (Å²) in [6.45, 7) is 2.96. The Hall–Kier alpha value is -0.660. The van der Waals surface area contributed by atoms with Crippen molar-refractivity contribution < 1.29 is 27.0 Å². The minimum absolute atomic E-state index is 0.124. The highest BCUT2D eigenvalue weighted by atomic mass is 32.2. The van der Waals surface area contributed by atoms with Crippen LogP contribution in [0.15, 0.2) is 0 Å². The van der Waals surface area contributed by atoms with E-state index in [9.17, 15) is 17.8 Å². The van der Waals surface area contributed by atoms with Crippen LogP contribution in [0.3, 0.4) is 0 Å². The number of esters is 1. The second-order valence-electron chi connectivity index (χ2n) is 8.86. The fraction of sp³-hybridized carbons (Fsp3) is 0.952. The van der Waals surface area contributed by atoms with Gasteiger partial charge in [-0.15, -0.1) is 0 Å². The monoisotopic (exact) mass is 422 g/mol. The maximum absolute atomic E-state index is 12.0. The summed E-state index contributed by atoms with van der Waals surface area (Å²) >= 11 is 0. The molecule has 28 heavy (non-hydrogen) atoms. The summed E-state index contributed by atoms with van der Waals surface area (Å²) in [7, 11) is 1.45. The molecule has 0 aliphatic heterocycles. The molecule has 0 fully saturated rings. The molecule has 6 nitrogen and oxygen atoms in total. The van der Waals surface area contributed by atoms with E-state index < -0.39 is 21.3 Å². The van der Waals surface area contributed by atoms with Gasteiger partial charge in [0.15, 0.2) is 5.25 Å². The summed E-state index contributed by atoms with van der Waals surface area (Å²) in [5.41, 5.74) is 0. The van der Waals surface area contributed by atoms with E-state index in [2.05, 4.69) is 6.92 Å². The summed E-state index contributed by atoms with van der Waals surface area (Å²) in [5, 5.41) is -1.46. The third-order valence-electron chi connectivity index (χ3n) is 4.95. The van der Waals surface area contributed by atoms with Gasteiger partial charge in [0.2, 0.25) is 0 Å². The van der Waals surface area contributed by atoms with Crippen LogP contribution in [-0.2, 0) is 19.6 Å². The lowest BCUT2D eigenvalue weighted by atomic mass is 10.0. The maximum Gasteiger partial charge on any atom is 0.327 e. The predicted molar refractivity (Wildman–Crippen MR) is 115 cm³/mol. The topological polar surface area (TPSA) is 80.7 Å². The van der Waals surface area contributed by atoms with Gasteiger partial charge in [-0.1, -0.05) is 84.0 Å². The van der Waals surface area contributed by atoms with Crippen molar-refractivity contribution in [2.45, 2.75) is 95.6 Å². The van der Waals surface area contributed by atoms with E-state index in [4.69, 9.17) is 4.74 Å². The molecule has 1 N–H and O–H groups in total. The van der Waals surface area contributed by atoms with Crippen molar-refractivity contribution in [3.05, 3.63) is 0 Å². The van der Waals surface area contributed by atoms with Crippen LogP contribution in [0.5, 0.6) is 0 Å². The van der Waals surface area contributed by atoms with Crippen LogP contribution >= 0.6 is 0 Å². The molecule has 0 saturated carbocycles. The van der Waals surface area contributed by atoms with Gasteiger partial charge in [-0.3, -0.25) is 9.35 Å². The van der Waals surface area contributed by atoms with Crippen molar-refractivity contribution in [2.75, 3.05) is 34.3 Å². The quantitative estimate of drug-likeness (QED) is 0.151. The van der Waals surface area contributed by atoms with Gasteiger partial charge in [-0.2, -0.15) is 8.42 Å². The first-order chi connectivity index (χ1) is 13.1. The molecule has 0 heterocycles. The van der Waals surface area contributed by atoms with Gasteiger partial charge in [0, 0.05) is 0 Å². The lowest BCUT2D eigenvalue weighted by molar-refractivity contribution is -0.870. The lowest BCUT2D eigenvalue weighted by Crippen LogP contribution is -2.39. The minimum atomic E-state index is -4.42. The van der Waals surface area contributed by atoms with Crippen LogP contribution in [0.4, 0.5) is 0 Å². The standard InChI is InChI=1S/C21H43NO5S/c1-5-6-7-8-9-10-11-12-13-14-15-16-17-20(28(24,25)26)21(23)27-19-18-22(2,3)4/h20H,5-19H2,1-4H3/p+1. The molecule has 1 atom stereocenters. The summed E-state index contributed by atoms with van der Waals surface area (Å²) < 4.78 is 38.1. The van der Waals surface area contributed by atoms with E-state index in [1.54, 1.807) is 0 Å². The van der Waals surface area contributed by atoms with Crippen LogP contribution < -0.4 is 0 Å². The molecule has 0 saturated heterocycles. The molecule has 0 rings (SSSR count). The summed E-state index contributed by atoms with van der Waals surface area (Å²) in [6, 6.07) is 0. The minimum Gasteiger partial charge on any atom is -0.459 e. The lowest BCUT2D eigenvalue weighted by Gasteiger charge is -2.23. The van der Waals surface area contributed by atoms with E-state index in [1.165, 1.54) is 51.4 Å². The second kappa shape index (κ2) is 15.2. The van der Waals surface area contributed by atoms with Gasteiger partial charge >= 0.3 is 5.97 Å². The zero-order valence-corrected chi connectivity index (χ0v) is 19.4. The average molecular weight is 423 g/mol. The highest BCUT2D eigenvalue weighted by Gasteiger charge is 2.32. The van der Waals surface area contributed by atoms with Crippen LogP contribution in [0.1, 0.15) is 90.4 Å². The Kier molecular flexibility index (Phi) is 14.9. The molecule has 0 aromatic heterocycles. The highest BCUT2D eigenvalue weighted by Crippen LogP contribution is 2.16. The fourth-order valence-electron chi connectivity index (χ4n) is 3.07. The number of hydrogen-bond donors (Lipinski definition) is 1. The molecule has 7 heteroatoms. The van der Waals surface area contributed by atoms with Gasteiger partial charge in [0.25, 0.3) is 10.1 Å². The highest BCUT2D eigenvalue weighted by molar-refractivity contribution is 7.87.